The summed E-state index contributed by atoms with van der Waals surface area (Å²) in [4.78, 5) is 45.2. The number of hydrogen-bond donors (Lipinski definition) is 0. The summed E-state index contributed by atoms with van der Waals surface area (Å²) in [6, 6.07) is 19.8. The fourth-order valence-corrected chi connectivity index (χ4v) is 5.55. The molecule has 1 aromatic heterocycles. The Morgan fingerprint density at radius 3 is 2.53 bits per heavy atom. The van der Waals surface area contributed by atoms with E-state index in [0.717, 1.165) is 11.1 Å². The van der Waals surface area contributed by atoms with Crippen LogP contribution in [0.15, 0.2) is 88.6 Å². The second-order valence-electron chi connectivity index (χ2n) is 9.08. The summed E-state index contributed by atoms with van der Waals surface area (Å²) in [5, 5.41) is 0.575. The minimum atomic E-state index is -1.67. The van der Waals surface area contributed by atoms with E-state index in [0.29, 0.717) is 16.3 Å². The second-order valence-corrected chi connectivity index (χ2v) is 9.52. The fourth-order valence-electron chi connectivity index (χ4n) is 5.38. The first-order valence-electron chi connectivity index (χ1n) is 11.5. The molecule has 6 rings (SSSR count). The van der Waals surface area contributed by atoms with E-state index in [2.05, 4.69) is 6.58 Å². The molecule has 36 heavy (non-hydrogen) atoms. The summed E-state index contributed by atoms with van der Waals surface area (Å²) in [7, 11) is 0. The van der Waals surface area contributed by atoms with Crippen LogP contribution in [-0.2, 0) is 16.9 Å². The predicted molar refractivity (Wildman–Crippen MR) is 138 cm³/mol. The van der Waals surface area contributed by atoms with Gasteiger partial charge in [-0.15, -0.1) is 6.58 Å². The van der Waals surface area contributed by atoms with Crippen LogP contribution < -0.4 is 10.3 Å². The molecule has 0 fully saturated rings. The highest BCUT2D eigenvalue weighted by Gasteiger charge is 2.64. The van der Waals surface area contributed by atoms with Crippen molar-refractivity contribution in [2.45, 2.75) is 19.0 Å². The van der Waals surface area contributed by atoms with Crippen molar-refractivity contribution in [1.82, 2.24) is 4.90 Å². The summed E-state index contributed by atoms with van der Waals surface area (Å²) < 4.78 is 5.99. The van der Waals surface area contributed by atoms with E-state index in [1.54, 1.807) is 35.2 Å². The molecule has 0 saturated carbocycles. The highest BCUT2D eigenvalue weighted by atomic mass is 35.5. The SMILES string of the molecule is C=CCN1C(=O)c2oc3ccc(Cl)cc3c(=O)c2C12C(=O)N(Cc1ccc(C)cc1)c1ccccc12. The molecule has 1 spiro atoms. The summed E-state index contributed by atoms with van der Waals surface area (Å²) in [6.45, 7) is 6.13. The van der Waals surface area contributed by atoms with Gasteiger partial charge in [-0.25, -0.2) is 0 Å². The zero-order valence-corrected chi connectivity index (χ0v) is 20.2. The van der Waals surface area contributed by atoms with Crippen molar-refractivity contribution in [3.8, 4) is 0 Å². The Balaban J connectivity index is 1.66. The monoisotopic (exact) mass is 496 g/mol. The van der Waals surface area contributed by atoms with Gasteiger partial charge in [-0.1, -0.05) is 65.7 Å². The van der Waals surface area contributed by atoms with Crippen LogP contribution in [0.25, 0.3) is 11.0 Å². The molecular weight excluding hydrogens is 476 g/mol. The number of carbonyl (C=O) groups excluding carboxylic acids is 2. The van der Waals surface area contributed by atoms with E-state index in [-0.39, 0.29) is 41.3 Å². The number of carbonyl (C=O) groups is 2. The topological polar surface area (TPSA) is 70.8 Å². The third kappa shape index (κ3) is 2.88. The Morgan fingerprint density at radius 2 is 1.78 bits per heavy atom. The molecule has 3 aromatic carbocycles. The Labute approximate surface area is 212 Å². The van der Waals surface area contributed by atoms with E-state index in [4.69, 9.17) is 16.0 Å². The lowest BCUT2D eigenvalue weighted by Crippen LogP contribution is -2.53. The number of para-hydroxylation sites is 1. The molecule has 0 radical (unpaired) electrons. The number of fused-ring (bicyclic) bond motifs is 5. The lowest BCUT2D eigenvalue weighted by atomic mass is 9.84. The van der Waals surface area contributed by atoms with Crippen molar-refractivity contribution >= 4 is 40.1 Å². The van der Waals surface area contributed by atoms with Crippen LogP contribution in [-0.4, -0.2) is 23.3 Å². The van der Waals surface area contributed by atoms with Gasteiger partial charge in [-0.3, -0.25) is 14.4 Å². The number of halogens is 1. The van der Waals surface area contributed by atoms with Gasteiger partial charge in [0.05, 0.1) is 23.2 Å². The molecule has 2 amide bonds. The van der Waals surface area contributed by atoms with Crippen molar-refractivity contribution in [3.63, 3.8) is 0 Å². The van der Waals surface area contributed by atoms with Crippen molar-refractivity contribution in [2.24, 2.45) is 0 Å². The van der Waals surface area contributed by atoms with Gasteiger partial charge in [-0.2, -0.15) is 0 Å². The van der Waals surface area contributed by atoms with Crippen LogP contribution in [0, 0.1) is 6.92 Å². The number of nitrogens with zero attached hydrogens (tertiary/aromatic N) is 2. The molecule has 0 aliphatic carbocycles. The molecule has 2 aliphatic rings. The van der Waals surface area contributed by atoms with Gasteiger partial charge in [0.25, 0.3) is 11.8 Å². The highest BCUT2D eigenvalue weighted by Crippen LogP contribution is 2.52. The normalized spacial score (nSPS) is 18.3. The van der Waals surface area contributed by atoms with Crippen molar-refractivity contribution in [2.75, 3.05) is 11.4 Å². The maximum atomic E-state index is 14.5. The van der Waals surface area contributed by atoms with Crippen LogP contribution in [0.5, 0.6) is 0 Å². The van der Waals surface area contributed by atoms with Gasteiger partial charge in [0.1, 0.15) is 5.58 Å². The zero-order valence-electron chi connectivity index (χ0n) is 19.5. The van der Waals surface area contributed by atoms with E-state index in [9.17, 15) is 14.4 Å². The first-order chi connectivity index (χ1) is 17.4. The number of rotatable bonds is 4. The molecule has 0 bridgehead atoms. The molecule has 4 aromatic rings. The van der Waals surface area contributed by atoms with Crippen LogP contribution in [0.2, 0.25) is 5.02 Å². The number of anilines is 1. The second kappa shape index (κ2) is 7.93. The Kier molecular flexibility index (Phi) is 4.92. The number of hydrogen-bond acceptors (Lipinski definition) is 4. The Morgan fingerprint density at radius 1 is 1.03 bits per heavy atom. The van der Waals surface area contributed by atoms with E-state index < -0.39 is 16.9 Å². The molecule has 1 atom stereocenters. The molecule has 178 valence electrons. The number of aryl methyl sites for hydroxylation is 1. The third-order valence-electron chi connectivity index (χ3n) is 6.97. The molecule has 0 saturated heterocycles. The summed E-state index contributed by atoms with van der Waals surface area (Å²) in [6.07, 6.45) is 1.55. The Hall–Kier alpha value is -4.16. The molecule has 0 N–H and O–H groups in total. The quantitative estimate of drug-likeness (QED) is 0.365. The van der Waals surface area contributed by atoms with Gasteiger partial charge >= 0.3 is 0 Å². The van der Waals surface area contributed by atoms with Gasteiger partial charge in [0, 0.05) is 17.1 Å². The molecule has 2 aliphatic heterocycles. The fraction of sp³-hybridized carbons (Fsp3) is 0.138. The number of benzene rings is 3. The lowest BCUT2D eigenvalue weighted by Gasteiger charge is -2.33. The maximum absolute atomic E-state index is 14.5. The zero-order chi connectivity index (χ0) is 25.2. The first-order valence-corrected chi connectivity index (χ1v) is 11.9. The van der Waals surface area contributed by atoms with Gasteiger partial charge in [-0.05, 0) is 36.8 Å². The average Bonchev–Trinajstić information content (AvgIpc) is 3.26. The summed E-state index contributed by atoms with van der Waals surface area (Å²) in [5.41, 5.74) is 1.38. The molecule has 6 nitrogen and oxygen atoms in total. The van der Waals surface area contributed by atoms with Crippen LogP contribution in [0.3, 0.4) is 0 Å². The Bertz CT molecular complexity index is 1660. The summed E-state index contributed by atoms with van der Waals surface area (Å²) >= 11 is 6.19. The average molecular weight is 497 g/mol. The minimum Gasteiger partial charge on any atom is -0.450 e. The highest BCUT2D eigenvalue weighted by molar-refractivity contribution is 6.31. The van der Waals surface area contributed by atoms with Crippen molar-refractivity contribution in [1.29, 1.82) is 0 Å². The standard InChI is InChI=1S/C29H21ClN2O4/c1-3-14-32-27(34)26-24(25(33)20-15-19(30)12-13-23(20)36-26)29(32)21-6-4-5-7-22(21)31(28(29)35)16-18-10-8-17(2)9-11-18/h3-13,15H,1,14,16H2,2H3. The van der Waals surface area contributed by atoms with Crippen LogP contribution >= 0.6 is 11.6 Å². The lowest BCUT2D eigenvalue weighted by molar-refractivity contribution is -0.126. The van der Waals surface area contributed by atoms with E-state index in [1.807, 2.05) is 43.3 Å². The third-order valence-corrected chi connectivity index (χ3v) is 7.21. The molecule has 1 unspecified atom stereocenters. The van der Waals surface area contributed by atoms with Gasteiger partial charge < -0.3 is 14.2 Å². The molecular formula is C29H21ClN2O4. The van der Waals surface area contributed by atoms with E-state index >= 15 is 0 Å². The minimum absolute atomic E-state index is 0.0213. The largest absolute Gasteiger partial charge is 0.450 e. The maximum Gasteiger partial charge on any atom is 0.291 e. The smallest absolute Gasteiger partial charge is 0.291 e. The van der Waals surface area contributed by atoms with Gasteiger partial charge in [0.2, 0.25) is 5.76 Å². The molecule has 3 heterocycles. The van der Waals surface area contributed by atoms with Crippen LogP contribution in [0.1, 0.15) is 32.8 Å². The molecule has 7 heteroatoms. The number of amides is 2. The van der Waals surface area contributed by atoms with Crippen LogP contribution in [0.4, 0.5) is 5.69 Å². The van der Waals surface area contributed by atoms with Crippen molar-refractivity contribution in [3.05, 3.63) is 123 Å². The predicted octanol–water partition coefficient (Wildman–Crippen LogP) is 5.19. The van der Waals surface area contributed by atoms with Gasteiger partial charge in [0.15, 0.2) is 11.0 Å². The van der Waals surface area contributed by atoms with Crippen molar-refractivity contribution < 1.29 is 14.0 Å². The van der Waals surface area contributed by atoms with E-state index in [1.165, 1.54) is 11.0 Å². The first kappa shape index (κ1) is 22.3. The summed E-state index contributed by atoms with van der Waals surface area (Å²) in [5.74, 6) is -1.04.